The Morgan fingerprint density at radius 1 is 1.15 bits per heavy atom. The molecule has 0 spiro atoms. The first-order chi connectivity index (χ1) is 15.8. The van der Waals surface area contributed by atoms with E-state index in [1.165, 1.54) is 4.90 Å². The van der Waals surface area contributed by atoms with Crippen LogP contribution in [0.1, 0.15) is 41.6 Å². The number of hydrogen-bond acceptors (Lipinski definition) is 5. The Labute approximate surface area is 191 Å². The molecule has 2 aliphatic heterocycles. The summed E-state index contributed by atoms with van der Waals surface area (Å²) in [7, 11) is 0. The van der Waals surface area contributed by atoms with Gasteiger partial charge in [0.05, 0.1) is 16.9 Å². The molecule has 168 valence electrons. The fourth-order valence-corrected chi connectivity index (χ4v) is 4.61. The topological polar surface area (TPSA) is 95.8 Å². The van der Waals surface area contributed by atoms with Crippen molar-refractivity contribution in [3.63, 3.8) is 0 Å². The molecule has 1 atom stereocenters. The van der Waals surface area contributed by atoms with Gasteiger partial charge in [0.15, 0.2) is 0 Å². The number of oxazole rings is 1. The Morgan fingerprint density at radius 2 is 1.94 bits per heavy atom. The zero-order valence-corrected chi connectivity index (χ0v) is 18.7. The third-order valence-electron chi connectivity index (χ3n) is 6.47. The highest BCUT2D eigenvalue weighted by molar-refractivity contribution is 6.11. The Hall–Kier alpha value is -3.94. The van der Waals surface area contributed by atoms with Gasteiger partial charge in [0.2, 0.25) is 17.7 Å². The minimum absolute atomic E-state index is 0.0490. The molecule has 3 aromatic rings. The molecule has 0 aliphatic carbocycles. The van der Waals surface area contributed by atoms with E-state index in [1.54, 1.807) is 41.3 Å². The highest BCUT2D eigenvalue weighted by Gasteiger charge is 2.53. The van der Waals surface area contributed by atoms with Crippen LogP contribution in [-0.2, 0) is 9.59 Å². The number of amides is 3. The summed E-state index contributed by atoms with van der Waals surface area (Å²) in [6, 6.07) is 14.3. The normalized spacial score (nSPS) is 19.5. The number of hydrogen-bond donors (Lipinski definition) is 1. The molecule has 3 heterocycles. The lowest BCUT2D eigenvalue weighted by Crippen LogP contribution is -2.63. The van der Waals surface area contributed by atoms with E-state index in [0.29, 0.717) is 35.7 Å². The van der Waals surface area contributed by atoms with Gasteiger partial charge in [-0.2, -0.15) is 0 Å². The molecule has 3 amide bonds. The van der Waals surface area contributed by atoms with Gasteiger partial charge in [-0.15, -0.1) is 0 Å². The van der Waals surface area contributed by atoms with E-state index in [1.807, 2.05) is 32.9 Å². The summed E-state index contributed by atoms with van der Waals surface area (Å²) in [6.07, 6.45) is 0.796. The lowest BCUT2D eigenvalue weighted by Gasteiger charge is -2.48. The molecule has 0 radical (unpaired) electrons. The van der Waals surface area contributed by atoms with Gasteiger partial charge in [-0.25, -0.2) is 4.98 Å². The van der Waals surface area contributed by atoms with E-state index < -0.39 is 5.66 Å². The average Bonchev–Trinajstić information content (AvgIpc) is 3.30. The van der Waals surface area contributed by atoms with Gasteiger partial charge in [0.25, 0.3) is 5.91 Å². The number of benzene rings is 2. The summed E-state index contributed by atoms with van der Waals surface area (Å²) in [5.41, 5.74) is 2.27. The van der Waals surface area contributed by atoms with Gasteiger partial charge in [-0.1, -0.05) is 18.2 Å². The van der Waals surface area contributed by atoms with E-state index in [0.717, 1.165) is 17.0 Å². The molecule has 1 fully saturated rings. The highest BCUT2D eigenvalue weighted by atomic mass is 16.4. The number of anilines is 2. The molecule has 1 N–H and O–H groups in total. The van der Waals surface area contributed by atoms with Gasteiger partial charge < -0.3 is 14.6 Å². The van der Waals surface area contributed by atoms with E-state index in [-0.39, 0.29) is 24.3 Å². The number of rotatable bonds is 4. The van der Waals surface area contributed by atoms with Crippen molar-refractivity contribution < 1.29 is 18.8 Å². The molecule has 1 aromatic heterocycles. The average molecular weight is 444 g/mol. The molecular weight excluding hydrogens is 420 g/mol. The largest absolute Gasteiger partial charge is 0.441 e. The van der Waals surface area contributed by atoms with Crippen molar-refractivity contribution in [2.45, 2.75) is 39.3 Å². The lowest BCUT2D eigenvalue weighted by molar-refractivity contribution is -0.120. The minimum atomic E-state index is -0.880. The smallest absolute Gasteiger partial charge is 0.258 e. The third-order valence-corrected chi connectivity index (χ3v) is 6.47. The van der Waals surface area contributed by atoms with Gasteiger partial charge in [0, 0.05) is 17.7 Å². The Bertz CT molecular complexity index is 1280. The first kappa shape index (κ1) is 20.9. The molecule has 33 heavy (non-hydrogen) atoms. The van der Waals surface area contributed by atoms with Gasteiger partial charge in [-0.3, -0.25) is 19.3 Å². The number of nitrogens with one attached hydrogen (secondary N) is 1. The number of carbonyl (C=O) groups is 3. The summed E-state index contributed by atoms with van der Waals surface area (Å²) in [5, 5.41) is 2.87. The molecule has 8 nitrogen and oxygen atoms in total. The van der Waals surface area contributed by atoms with Crippen LogP contribution in [0.4, 0.5) is 11.4 Å². The van der Waals surface area contributed by atoms with Gasteiger partial charge >= 0.3 is 0 Å². The van der Waals surface area contributed by atoms with Crippen LogP contribution >= 0.6 is 0 Å². The fraction of sp³-hybridized carbons (Fsp3) is 0.280. The van der Waals surface area contributed by atoms with Gasteiger partial charge in [0.1, 0.15) is 18.0 Å². The molecule has 5 rings (SSSR count). The van der Waals surface area contributed by atoms with Crippen molar-refractivity contribution in [1.29, 1.82) is 0 Å². The number of carbonyl (C=O) groups excluding carboxylic acids is 3. The molecule has 1 saturated heterocycles. The monoisotopic (exact) mass is 444 g/mol. The minimum Gasteiger partial charge on any atom is -0.441 e. The first-order valence-corrected chi connectivity index (χ1v) is 10.9. The Morgan fingerprint density at radius 3 is 2.70 bits per heavy atom. The molecular formula is C25H24N4O4. The maximum atomic E-state index is 13.3. The quantitative estimate of drug-likeness (QED) is 0.659. The van der Waals surface area contributed by atoms with Crippen LogP contribution in [-0.4, -0.2) is 39.8 Å². The summed E-state index contributed by atoms with van der Waals surface area (Å²) < 4.78 is 5.69. The van der Waals surface area contributed by atoms with Crippen LogP contribution in [0.5, 0.6) is 0 Å². The maximum absolute atomic E-state index is 13.3. The zero-order chi connectivity index (χ0) is 23.3. The van der Waals surface area contributed by atoms with Crippen LogP contribution in [0.15, 0.2) is 52.9 Å². The van der Waals surface area contributed by atoms with E-state index in [2.05, 4.69) is 10.3 Å². The van der Waals surface area contributed by atoms with Crippen LogP contribution in [0.3, 0.4) is 0 Å². The number of fused-ring (bicyclic) bond motifs is 3. The third kappa shape index (κ3) is 3.38. The summed E-state index contributed by atoms with van der Waals surface area (Å²) >= 11 is 0. The predicted octanol–water partition coefficient (Wildman–Crippen LogP) is 3.90. The van der Waals surface area contributed by atoms with Crippen molar-refractivity contribution >= 4 is 29.1 Å². The number of para-hydroxylation sites is 1. The SMILES string of the molecule is Cc1nc(-c2cccc(NC(=O)CN3C(=O)c4ccccc4N4C(=O)CCC34C)c2)oc1C. The lowest BCUT2D eigenvalue weighted by atomic mass is 9.98. The van der Waals surface area contributed by atoms with Crippen molar-refractivity contribution in [1.82, 2.24) is 9.88 Å². The molecule has 2 aromatic carbocycles. The standard InChI is InChI=1S/C25H24N4O4/c1-15-16(2)33-23(26-15)17-7-6-8-18(13-17)27-21(30)14-28-24(32)19-9-4-5-10-20(19)29-22(31)11-12-25(28,29)3/h4-10,13H,11-12,14H2,1-3H3,(H,27,30). The number of aromatic nitrogens is 1. The fourth-order valence-electron chi connectivity index (χ4n) is 4.61. The second-order valence-electron chi connectivity index (χ2n) is 8.64. The molecule has 0 bridgehead atoms. The Balaban J connectivity index is 1.40. The molecule has 8 heteroatoms. The van der Waals surface area contributed by atoms with Crippen LogP contribution in [0.2, 0.25) is 0 Å². The summed E-state index contributed by atoms with van der Waals surface area (Å²) in [6.45, 7) is 5.39. The number of nitrogens with zero attached hydrogens (tertiary/aromatic N) is 3. The first-order valence-electron chi connectivity index (χ1n) is 10.9. The molecule has 1 unspecified atom stereocenters. The number of aryl methyl sites for hydroxylation is 2. The van der Waals surface area contributed by atoms with Crippen molar-refractivity contribution in [2.24, 2.45) is 0 Å². The maximum Gasteiger partial charge on any atom is 0.258 e. The molecule has 2 aliphatic rings. The van der Waals surface area contributed by atoms with E-state index in [9.17, 15) is 14.4 Å². The second kappa shape index (κ2) is 7.58. The van der Waals surface area contributed by atoms with E-state index >= 15 is 0 Å². The van der Waals surface area contributed by atoms with Crippen molar-refractivity contribution in [2.75, 3.05) is 16.8 Å². The molecule has 0 saturated carbocycles. The highest BCUT2D eigenvalue weighted by Crippen LogP contribution is 2.43. The van der Waals surface area contributed by atoms with Crippen LogP contribution in [0, 0.1) is 13.8 Å². The van der Waals surface area contributed by atoms with Crippen LogP contribution in [0.25, 0.3) is 11.5 Å². The van der Waals surface area contributed by atoms with E-state index in [4.69, 9.17) is 4.42 Å². The Kier molecular flexibility index (Phi) is 4.81. The van der Waals surface area contributed by atoms with Crippen molar-refractivity contribution in [3.8, 4) is 11.5 Å². The second-order valence-corrected chi connectivity index (χ2v) is 8.64. The van der Waals surface area contributed by atoms with Crippen LogP contribution < -0.4 is 10.2 Å². The predicted molar refractivity (Wildman–Crippen MR) is 123 cm³/mol. The van der Waals surface area contributed by atoms with Crippen molar-refractivity contribution in [3.05, 3.63) is 65.5 Å². The summed E-state index contributed by atoms with van der Waals surface area (Å²) in [4.78, 5) is 46.6. The van der Waals surface area contributed by atoms with Gasteiger partial charge in [-0.05, 0) is 57.5 Å². The zero-order valence-electron chi connectivity index (χ0n) is 18.7. The summed E-state index contributed by atoms with van der Waals surface area (Å²) in [5.74, 6) is 0.574.